The molecule has 6 heteroatoms. The first kappa shape index (κ1) is 16.8. The van der Waals surface area contributed by atoms with Gasteiger partial charge in [-0.3, -0.25) is 0 Å². The molecule has 0 amide bonds. The Morgan fingerprint density at radius 2 is 1.88 bits per heavy atom. The van der Waals surface area contributed by atoms with Gasteiger partial charge < -0.3 is 9.47 Å². The van der Waals surface area contributed by atoms with E-state index in [1.807, 2.05) is 50.2 Å². The van der Waals surface area contributed by atoms with Gasteiger partial charge in [-0.15, -0.1) is 5.10 Å². The fourth-order valence-corrected chi connectivity index (χ4v) is 2.76. The minimum absolute atomic E-state index is 0.224. The van der Waals surface area contributed by atoms with Crippen LogP contribution in [0.2, 0.25) is 0 Å². The molecule has 3 rings (SSSR count). The number of hydrogen-bond donors (Lipinski definition) is 0. The lowest BCUT2D eigenvalue weighted by Gasteiger charge is -2.15. The number of benzene rings is 2. The van der Waals surface area contributed by atoms with Crippen LogP contribution in [0.15, 0.2) is 47.3 Å². The molecule has 0 radical (unpaired) electrons. The number of methoxy groups -OCH3 is 1. The van der Waals surface area contributed by atoms with Crippen LogP contribution in [0.25, 0.3) is 5.69 Å². The minimum Gasteiger partial charge on any atom is -0.487 e. The summed E-state index contributed by atoms with van der Waals surface area (Å²) in [6, 6.07) is 14.0. The van der Waals surface area contributed by atoms with Crippen molar-refractivity contribution in [3.8, 4) is 17.4 Å². The highest BCUT2D eigenvalue weighted by Gasteiger charge is 2.19. The second kappa shape index (κ2) is 6.84. The number of aromatic nitrogens is 3. The van der Waals surface area contributed by atoms with Gasteiger partial charge in [0.25, 0.3) is 0 Å². The second-order valence-corrected chi connectivity index (χ2v) is 5.93. The Hall–Kier alpha value is -3.02. The van der Waals surface area contributed by atoms with Gasteiger partial charge in [0.15, 0.2) is 0 Å². The van der Waals surface area contributed by atoms with E-state index in [0.29, 0.717) is 18.0 Å². The Kier molecular flexibility index (Phi) is 4.61. The summed E-state index contributed by atoms with van der Waals surface area (Å²) in [7, 11) is 3.08. The molecule has 0 aliphatic heterocycles. The zero-order valence-electron chi connectivity index (χ0n) is 14.8. The standard InChI is InChI=1S/C19H21N3O3/c1-13-7-5-9-15(11-13)12-25-16-10-6-8-14(2)17(16)22-18(24-4)20-21(3)19(22)23/h5-11H,12H2,1-4H3. The molecule has 0 atom stereocenters. The number of para-hydroxylation sites is 1. The van der Waals surface area contributed by atoms with E-state index in [9.17, 15) is 4.79 Å². The molecule has 3 aromatic rings. The topological polar surface area (TPSA) is 58.3 Å². The molecule has 0 saturated heterocycles. The van der Waals surface area contributed by atoms with Gasteiger partial charge in [-0.05, 0) is 31.0 Å². The lowest BCUT2D eigenvalue weighted by Crippen LogP contribution is -2.22. The molecule has 0 unspecified atom stereocenters. The molecule has 0 saturated carbocycles. The summed E-state index contributed by atoms with van der Waals surface area (Å²) < 4.78 is 14.0. The summed E-state index contributed by atoms with van der Waals surface area (Å²) in [5.74, 6) is 0.606. The number of ether oxygens (including phenoxy) is 2. The molecule has 0 fully saturated rings. The van der Waals surface area contributed by atoms with Gasteiger partial charge in [-0.25, -0.2) is 14.0 Å². The van der Waals surface area contributed by atoms with Crippen LogP contribution >= 0.6 is 0 Å². The van der Waals surface area contributed by atoms with Crippen molar-refractivity contribution >= 4 is 0 Å². The molecule has 25 heavy (non-hydrogen) atoms. The van der Waals surface area contributed by atoms with Crippen molar-refractivity contribution < 1.29 is 9.47 Å². The molecule has 1 heterocycles. The van der Waals surface area contributed by atoms with Crippen molar-refractivity contribution in [2.24, 2.45) is 7.05 Å². The van der Waals surface area contributed by atoms with Crippen molar-refractivity contribution in [1.29, 1.82) is 0 Å². The Morgan fingerprint density at radius 3 is 2.60 bits per heavy atom. The number of hydrogen-bond acceptors (Lipinski definition) is 4. The first-order chi connectivity index (χ1) is 12.0. The highest BCUT2D eigenvalue weighted by molar-refractivity contribution is 5.53. The van der Waals surface area contributed by atoms with Crippen LogP contribution in [0.3, 0.4) is 0 Å². The van der Waals surface area contributed by atoms with Crippen LogP contribution in [0.1, 0.15) is 16.7 Å². The van der Waals surface area contributed by atoms with Crippen molar-refractivity contribution in [2.75, 3.05) is 7.11 Å². The maximum absolute atomic E-state index is 12.5. The number of nitrogens with zero attached hydrogens (tertiary/aromatic N) is 3. The second-order valence-electron chi connectivity index (χ2n) is 5.93. The smallest absolute Gasteiger partial charge is 0.353 e. The van der Waals surface area contributed by atoms with E-state index in [2.05, 4.69) is 11.2 Å². The molecule has 0 aliphatic rings. The summed E-state index contributed by atoms with van der Waals surface area (Å²) in [6.45, 7) is 4.38. The SMILES string of the molecule is COc1nn(C)c(=O)n1-c1c(C)cccc1OCc1cccc(C)c1. The Balaban J connectivity index is 2.03. The normalized spacial score (nSPS) is 10.7. The monoisotopic (exact) mass is 339 g/mol. The average molecular weight is 339 g/mol. The summed E-state index contributed by atoms with van der Waals surface area (Å²) in [5, 5.41) is 4.11. The van der Waals surface area contributed by atoms with Gasteiger partial charge in [0.1, 0.15) is 18.0 Å². The molecular formula is C19H21N3O3. The van der Waals surface area contributed by atoms with Crippen LogP contribution in [0.5, 0.6) is 11.8 Å². The molecule has 130 valence electrons. The van der Waals surface area contributed by atoms with Gasteiger partial charge in [-0.2, -0.15) is 0 Å². The van der Waals surface area contributed by atoms with E-state index < -0.39 is 0 Å². The van der Waals surface area contributed by atoms with Crippen molar-refractivity contribution in [1.82, 2.24) is 14.3 Å². The van der Waals surface area contributed by atoms with Crippen LogP contribution in [0, 0.1) is 13.8 Å². The zero-order chi connectivity index (χ0) is 18.0. The van der Waals surface area contributed by atoms with Crippen LogP contribution in [0.4, 0.5) is 0 Å². The molecule has 0 aliphatic carbocycles. The van der Waals surface area contributed by atoms with E-state index in [1.54, 1.807) is 7.05 Å². The number of rotatable bonds is 5. The fourth-order valence-electron chi connectivity index (χ4n) is 2.76. The Bertz CT molecular complexity index is 957. The van der Waals surface area contributed by atoms with Gasteiger partial charge >= 0.3 is 11.7 Å². The molecule has 0 bridgehead atoms. The lowest BCUT2D eigenvalue weighted by atomic mass is 10.1. The average Bonchev–Trinajstić information content (AvgIpc) is 2.88. The predicted molar refractivity (Wildman–Crippen MR) is 95.6 cm³/mol. The maximum atomic E-state index is 12.5. The van der Waals surface area contributed by atoms with Gasteiger partial charge in [0.05, 0.1) is 7.11 Å². The third kappa shape index (κ3) is 3.28. The van der Waals surface area contributed by atoms with E-state index in [0.717, 1.165) is 11.1 Å². The van der Waals surface area contributed by atoms with Crippen LogP contribution < -0.4 is 15.2 Å². The molecule has 0 spiro atoms. The van der Waals surface area contributed by atoms with E-state index >= 15 is 0 Å². The Labute approximate surface area is 146 Å². The first-order valence-electron chi connectivity index (χ1n) is 7.99. The van der Waals surface area contributed by atoms with Crippen molar-refractivity contribution in [3.05, 3.63) is 69.6 Å². The zero-order valence-corrected chi connectivity index (χ0v) is 14.8. The van der Waals surface area contributed by atoms with Crippen molar-refractivity contribution in [3.63, 3.8) is 0 Å². The highest BCUT2D eigenvalue weighted by Crippen LogP contribution is 2.28. The van der Waals surface area contributed by atoms with Gasteiger partial charge in [0.2, 0.25) is 0 Å². The summed E-state index contributed by atoms with van der Waals surface area (Å²) >= 11 is 0. The Morgan fingerprint density at radius 1 is 1.12 bits per heavy atom. The number of aryl methyl sites for hydroxylation is 3. The predicted octanol–water partition coefficient (Wildman–Crippen LogP) is 2.78. The van der Waals surface area contributed by atoms with Gasteiger partial charge in [0, 0.05) is 7.05 Å². The minimum atomic E-state index is -0.286. The molecule has 2 aromatic carbocycles. The molecular weight excluding hydrogens is 318 g/mol. The third-order valence-corrected chi connectivity index (χ3v) is 3.98. The lowest BCUT2D eigenvalue weighted by molar-refractivity contribution is 0.303. The van der Waals surface area contributed by atoms with Crippen LogP contribution in [-0.2, 0) is 13.7 Å². The highest BCUT2D eigenvalue weighted by atomic mass is 16.5. The summed E-state index contributed by atoms with van der Waals surface area (Å²) in [5.41, 5.74) is 3.50. The fraction of sp³-hybridized carbons (Fsp3) is 0.263. The molecule has 0 N–H and O–H groups in total. The maximum Gasteiger partial charge on any atom is 0.353 e. The molecule has 6 nitrogen and oxygen atoms in total. The van der Waals surface area contributed by atoms with E-state index in [1.165, 1.54) is 21.9 Å². The first-order valence-corrected chi connectivity index (χ1v) is 7.99. The van der Waals surface area contributed by atoms with Gasteiger partial charge in [-0.1, -0.05) is 42.0 Å². The summed E-state index contributed by atoms with van der Waals surface area (Å²) in [4.78, 5) is 12.5. The van der Waals surface area contributed by atoms with Crippen LogP contribution in [-0.4, -0.2) is 21.5 Å². The quantitative estimate of drug-likeness (QED) is 0.717. The molecule has 1 aromatic heterocycles. The van der Waals surface area contributed by atoms with E-state index in [4.69, 9.17) is 9.47 Å². The van der Waals surface area contributed by atoms with Crippen molar-refractivity contribution in [2.45, 2.75) is 20.5 Å². The van der Waals surface area contributed by atoms with E-state index in [-0.39, 0.29) is 11.7 Å². The third-order valence-electron chi connectivity index (χ3n) is 3.98. The largest absolute Gasteiger partial charge is 0.487 e. The summed E-state index contributed by atoms with van der Waals surface area (Å²) in [6.07, 6.45) is 0.